The van der Waals surface area contributed by atoms with Gasteiger partial charge >= 0.3 is 0 Å². The third-order valence-corrected chi connectivity index (χ3v) is 16.0. The molecule has 6 heterocycles. The number of fused-ring (bicyclic) bond motifs is 3. The van der Waals surface area contributed by atoms with Crippen molar-refractivity contribution < 1.29 is 33.0 Å². The Morgan fingerprint density at radius 1 is 1.00 bits per heavy atom. The molecule has 0 aliphatic carbocycles. The van der Waals surface area contributed by atoms with Crippen LogP contribution in [0, 0.1) is 29.0 Å². The summed E-state index contributed by atoms with van der Waals surface area (Å²) < 4.78 is 28.7. The van der Waals surface area contributed by atoms with E-state index in [1.54, 1.807) is 30.2 Å². The summed E-state index contributed by atoms with van der Waals surface area (Å²) in [6.45, 7) is 8.67. The molecule has 4 aromatic rings. The summed E-state index contributed by atoms with van der Waals surface area (Å²) in [5.74, 6) is 5.06. The number of carbonyl (C=O) groups is 4. The number of ether oxygens (including phenoxy) is 2. The molecule has 366 valence electrons. The van der Waals surface area contributed by atoms with Crippen LogP contribution in [0.3, 0.4) is 0 Å². The first-order valence-electron chi connectivity index (χ1n) is 24.5. The van der Waals surface area contributed by atoms with Gasteiger partial charge < -0.3 is 35.2 Å². The van der Waals surface area contributed by atoms with Crippen LogP contribution >= 0.6 is 23.2 Å². The Balaban J connectivity index is 0.883. The van der Waals surface area contributed by atoms with Crippen LogP contribution in [0.2, 0.25) is 10.0 Å². The van der Waals surface area contributed by atoms with Gasteiger partial charge in [-0.15, -0.1) is 0 Å². The summed E-state index contributed by atoms with van der Waals surface area (Å²) in [6.07, 6.45) is 5.65. The van der Waals surface area contributed by atoms with Gasteiger partial charge in [0.2, 0.25) is 17.7 Å². The summed E-state index contributed by atoms with van der Waals surface area (Å²) >= 11 is 13.0. The fourth-order valence-corrected chi connectivity index (χ4v) is 12.7. The molecule has 8 atom stereocenters. The van der Waals surface area contributed by atoms with E-state index in [-0.39, 0.29) is 59.3 Å². The van der Waals surface area contributed by atoms with Crippen LogP contribution in [0.25, 0.3) is 0 Å². The minimum atomic E-state index is -0.845. The molecule has 4 aromatic carbocycles. The summed E-state index contributed by atoms with van der Waals surface area (Å²) in [5, 5.41) is 13.5. The van der Waals surface area contributed by atoms with Crippen molar-refractivity contribution in [1.29, 1.82) is 0 Å². The van der Waals surface area contributed by atoms with Crippen molar-refractivity contribution in [3.8, 4) is 17.6 Å². The van der Waals surface area contributed by atoms with Crippen molar-refractivity contribution in [2.45, 2.75) is 120 Å². The molecule has 4 unspecified atom stereocenters. The number of piperidine rings is 2. The molecule has 15 heteroatoms. The summed E-state index contributed by atoms with van der Waals surface area (Å²) in [7, 11) is 1.60. The van der Waals surface area contributed by atoms with Gasteiger partial charge in [0.05, 0.1) is 23.9 Å². The zero-order chi connectivity index (χ0) is 49.1. The predicted octanol–water partition coefficient (Wildman–Crippen LogP) is 8.97. The molecular formula is C55H59Cl2FN6O6. The molecule has 6 aliphatic heterocycles. The Bertz CT molecular complexity index is 2830. The largest absolute Gasteiger partial charge is 0.494 e. The first-order chi connectivity index (χ1) is 33.6. The molecule has 0 radical (unpaired) electrons. The van der Waals surface area contributed by atoms with Crippen LogP contribution in [0.5, 0.6) is 5.75 Å². The topological polar surface area (TPSA) is 141 Å². The molecule has 6 aliphatic rings. The number of imide groups is 1. The predicted molar refractivity (Wildman–Crippen MR) is 269 cm³/mol. The number of rotatable bonds is 8. The van der Waals surface area contributed by atoms with Crippen molar-refractivity contribution in [2.24, 2.45) is 11.3 Å². The van der Waals surface area contributed by atoms with E-state index in [4.69, 9.17) is 32.7 Å². The Labute approximate surface area is 418 Å². The first kappa shape index (κ1) is 48.0. The van der Waals surface area contributed by atoms with E-state index in [9.17, 15) is 19.2 Å². The van der Waals surface area contributed by atoms with Crippen molar-refractivity contribution >= 4 is 63.9 Å². The van der Waals surface area contributed by atoms with E-state index in [0.717, 1.165) is 66.7 Å². The zero-order valence-corrected chi connectivity index (χ0v) is 41.4. The van der Waals surface area contributed by atoms with E-state index < -0.39 is 35.1 Å². The molecule has 10 rings (SSSR count). The van der Waals surface area contributed by atoms with Gasteiger partial charge in [0, 0.05) is 89.7 Å². The summed E-state index contributed by atoms with van der Waals surface area (Å²) in [4.78, 5) is 56.9. The molecule has 4 fully saturated rings. The van der Waals surface area contributed by atoms with Gasteiger partial charge in [-0.05, 0) is 115 Å². The van der Waals surface area contributed by atoms with Gasteiger partial charge in [0.1, 0.15) is 23.7 Å². The lowest BCUT2D eigenvalue weighted by Crippen LogP contribution is -2.52. The van der Waals surface area contributed by atoms with Crippen LogP contribution in [-0.2, 0) is 31.1 Å². The number of nitrogens with one attached hydrogen (secondary N) is 4. The number of anilines is 3. The number of nitrogens with zero attached hydrogens (tertiary/aromatic N) is 2. The van der Waals surface area contributed by atoms with Crippen LogP contribution in [0.1, 0.15) is 111 Å². The van der Waals surface area contributed by atoms with Crippen molar-refractivity contribution in [2.75, 3.05) is 42.3 Å². The lowest BCUT2D eigenvalue weighted by atomic mass is 9.63. The number of methoxy groups -OCH3 is 1. The molecule has 0 saturated carbocycles. The molecule has 4 saturated heterocycles. The van der Waals surface area contributed by atoms with Crippen LogP contribution in [0.15, 0.2) is 72.8 Å². The highest BCUT2D eigenvalue weighted by molar-refractivity contribution is 6.31. The van der Waals surface area contributed by atoms with Gasteiger partial charge in [0.15, 0.2) is 0 Å². The molecular weight excluding hydrogens is 931 g/mol. The molecule has 0 aromatic heterocycles. The standard InChI is InChI=1S/C55H59Cl2FN6O6/c1-54(2,3)28-46-55(30-59-42-26-33(56)15-18-39(42)55)48(37-11-8-12-40(57)49(37)58)50(61-46)52(67)60-41-19-16-34(27-45(41)69-4)63-23-6-5-13-43(63)32-22-24-70-35(25-32)17-14-31-9-7-10-36-38(31)29-64(53(36)68)44-20-21-47(65)62-51(44)66/h7-12,15-16,18-19,26-27,32,35,43-44,46,48,50,59,61H,5-6,13,20-25,28-30H2,1-4H3,(H,60,67)(H,62,65,66)/t32?,35?,43?,44?,46-,48-,50+,55-/m0/s1. The minimum absolute atomic E-state index is 0.00115. The number of amides is 4. The smallest absolute Gasteiger partial charge is 0.255 e. The van der Waals surface area contributed by atoms with Crippen molar-refractivity contribution in [3.63, 3.8) is 0 Å². The van der Waals surface area contributed by atoms with Gasteiger partial charge in [-0.3, -0.25) is 24.5 Å². The second kappa shape index (κ2) is 19.2. The number of benzene rings is 4. The maximum absolute atomic E-state index is 16.4. The van der Waals surface area contributed by atoms with Crippen molar-refractivity contribution in [3.05, 3.63) is 116 Å². The zero-order valence-electron chi connectivity index (χ0n) is 39.9. The lowest BCUT2D eigenvalue weighted by molar-refractivity contribution is -0.137. The van der Waals surface area contributed by atoms with Crippen LogP contribution in [-0.4, -0.2) is 85.6 Å². The van der Waals surface area contributed by atoms with E-state index in [1.807, 2.05) is 48.5 Å². The highest BCUT2D eigenvalue weighted by atomic mass is 35.5. The number of hydrogen-bond acceptors (Lipinski definition) is 9. The molecule has 0 bridgehead atoms. The van der Waals surface area contributed by atoms with Gasteiger partial charge in [-0.25, -0.2) is 4.39 Å². The Morgan fingerprint density at radius 3 is 2.63 bits per heavy atom. The van der Waals surface area contributed by atoms with Gasteiger partial charge in [0.25, 0.3) is 5.91 Å². The fourth-order valence-electron chi connectivity index (χ4n) is 12.3. The monoisotopic (exact) mass is 988 g/mol. The third-order valence-electron chi connectivity index (χ3n) is 15.5. The van der Waals surface area contributed by atoms with Crippen LogP contribution < -0.4 is 30.9 Å². The average Bonchev–Trinajstić information content (AvgIpc) is 3.99. The Kier molecular flexibility index (Phi) is 13.1. The maximum atomic E-state index is 16.4. The third kappa shape index (κ3) is 8.90. The summed E-state index contributed by atoms with van der Waals surface area (Å²) in [6, 6.07) is 20.7. The second-order valence-electron chi connectivity index (χ2n) is 20.9. The minimum Gasteiger partial charge on any atom is -0.494 e. The van der Waals surface area contributed by atoms with E-state index in [1.165, 1.54) is 6.07 Å². The molecule has 4 N–H and O–H groups in total. The van der Waals surface area contributed by atoms with E-state index in [2.05, 4.69) is 58.8 Å². The van der Waals surface area contributed by atoms with Crippen LogP contribution in [0.4, 0.5) is 21.5 Å². The molecule has 70 heavy (non-hydrogen) atoms. The average molecular weight is 990 g/mol. The lowest BCUT2D eigenvalue weighted by Gasteiger charge is -2.44. The van der Waals surface area contributed by atoms with E-state index >= 15 is 4.39 Å². The van der Waals surface area contributed by atoms with E-state index in [0.29, 0.717) is 59.5 Å². The second-order valence-corrected chi connectivity index (χ2v) is 21.8. The summed E-state index contributed by atoms with van der Waals surface area (Å²) in [5.41, 5.74) is 4.92. The van der Waals surface area contributed by atoms with Crippen molar-refractivity contribution in [1.82, 2.24) is 15.5 Å². The SMILES string of the molecule is COc1cc(N2CCCCC2C2CCOC(C#Cc3cccc4c3CN(C3CCC(=O)NC3=O)C4=O)C2)ccc1NC(=O)[C@@H]1N[C@@H](CC(C)(C)C)[C@@]2(CNc3cc(Cl)ccc32)[C@H]1c1cccc(Cl)c1F. The molecule has 1 spiro atoms. The quantitative estimate of drug-likeness (QED) is 0.101. The Hall–Kier alpha value is -5.65. The Morgan fingerprint density at radius 2 is 1.83 bits per heavy atom. The molecule has 12 nitrogen and oxygen atoms in total. The number of hydrogen-bond donors (Lipinski definition) is 4. The van der Waals surface area contributed by atoms with Gasteiger partial charge in [-0.1, -0.05) is 80.1 Å². The maximum Gasteiger partial charge on any atom is 0.255 e. The number of halogens is 3. The first-order valence-corrected chi connectivity index (χ1v) is 25.3. The fraction of sp³-hybridized carbons (Fsp3) is 0.455. The highest BCUT2D eigenvalue weighted by Gasteiger charge is 2.61. The normalized spacial score (nSPS) is 27.4. The highest BCUT2D eigenvalue weighted by Crippen LogP contribution is 2.57. The van der Waals surface area contributed by atoms with Gasteiger partial charge in [-0.2, -0.15) is 0 Å². The molecule has 4 amide bonds. The number of carbonyl (C=O) groups excluding carboxylic acids is 4.